The van der Waals surface area contributed by atoms with Crippen molar-refractivity contribution in [2.45, 2.75) is 156 Å². The molecule has 10 aromatic carbocycles. The second kappa shape index (κ2) is 30.4. The zero-order valence-corrected chi connectivity index (χ0v) is 57.6. The van der Waals surface area contributed by atoms with Gasteiger partial charge in [-0.3, -0.25) is 0 Å². The average Bonchev–Trinajstić information content (AvgIpc) is 0.820. The number of allylic oxidation sites excluding steroid dienone is 4. The minimum atomic E-state index is 0.565. The molecule has 0 unspecified atom stereocenters. The third-order valence-electron chi connectivity index (χ3n) is 22.0. The number of rotatable bonds is 18. The van der Waals surface area contributed by atoms with E-state index >= 15 is 0 Å². The Balaban J connectivity index is 0.891. The summed E-state index contributed by atoms with van der Waals surface area (Å²) in [6.45, 7) is 8.79. The Morgan fingerprint density at radius 2 is 0.448 bits per heavy atom. The second-order valence-corrected chi connectivity index (χ2v) is 28.9. The van der Waals surface area contributed by atoms with Crippen molar-refractivity contribution in [1.29, 1.82) is 0 Å². The minimum absolute atomic E-state index is 0.565. The number of nitrogens with zero attached hydrogens (tertiary/aromatic N) is 2. The highest BCUT2D eigenvalue weighted by Crippen LogP contribution is 2.48. The quantitative estimate of drug-likeness (QED) is 0.0790. The minimum Gasteiger partial charge on any atom is -0.310 e. The van der Waals surface area contributed by atoms with E-state index in [4.69, 9.17) is 0 Å². The van der Waals surface area contributed by atoms with Crippen LogP contribution < -0.4 is 9.80 Å². The molecular formula is C94H98N2. The first-order valence-corrected chi connectivity index (χ1v) is 36.9. The number of hydrogen-bond acceptors (Lipinski definition) is 2. The van der Waals surface area contributed by atoms with Crippen molar-refractivity contribution in [3.05, 3.63) is 297 Å². The molecule has 2 nitrogen and oxygen atoms in total. The van der Waals surface area contributed by atoms with Crippen molar-refractivity contribution >= 4 is 91.5 Å². The Morgan fingerprint density at radius 3 is 0.656 bits per heavy atom. The molecule has 0 spiro atoms. The predicted molar refractivity (Wildman–Crippen MR) is 416 cm³/mol. The van der Waals surface area contributed by atoms with Crippen LogP contribution in [-0.2, 0) is 0 Å². The highest BCUT2D eigenvalue weighted by Gasteiger charge is 2.26. The van der Waals surface area contributed by atoms with Gasteiger partial charge in [0.25, 0.3) is 0 Å². The SMILES string of the molecule is Cc1ccc(/C(=C/c2ccc(N(c3ccc(/C=C(/c4ccc(C)cc4)C4CCCCC4)cc3)c3ccc(N(c4ccc(/C=C(/c5ccc(C)cc5)C5CCCCC5)cc4)c4ccc(/C=C(/c5ccc(C)cc5)C5CCCCC5)cc4)c4ccccc34)cc2)C2CCCCC2)cc1. The topological polar surface area (TPSA) is 6.48 Å². The molecule has 4 aliphatic rings. The fourth-order valence-electron chi connectivity index (χ4n) is 16.5. The predicted octanol–water partition coefficient (Wildman–Crippen LogP) is 27.5. The van der Waals surface area contributed by atoms with Crippen molar-refractivity contribution in [2.75, 3.05) is 9.80 Å². The maximum atomic E-state index is 2.51. The zero-order chi connectivity index (χ0) is 65.2. The van der Waals surface area contributed by atoms with Gasteiger partial charge in [-0.2, -0.15) is 0 Å². The molecule has 0 amide bonds. The van der Waals surface area contributed by atoms with Gasteiger partial charge in [-0.1, -0.05) is 293 Å². The lowest BCUT2D eigenvalue weighted by Gasteiger charge is -2.31. The van der Waals surface area contributed by atoms with Crippen LogP contribution in [0.1, 0.15) is 195 Å². The van der Waals surface area contributed by atoms with Gasteiger partial charge in [-0.25, -0.2) is 0 Å². The van der Waals surface area contributed by atoms with Gasteiger partial charge < -0.3 is 9.80 Å². The van der Waals surface area contributed by atoms with Gasteiger partial charge in [-0.15, -0.1) is 0 Å². The number of aryl methyl sites for hydroxylation is 4. The molecular weight excluding hydrogens is 1160 g/mol. The van der Waals surface area contributed by atoms with E-state index in [2.05, 4.69) is 292 Å². The Bertz CT molecular complexity index is 3800. The fourth-order valence-corrected chi connectivity index (χ4v) is 16.5. The number of anilines is 6. The van der Waals surface area contributed by atoms with Crippen molar-refractivity contribution in [3.63, 3.8) is 0 Å². The van der Waals surface area contributed by atoms with E-state index in [1.807, 2.05) is 0 Å². The number of benzene rings is 10. The highest BCUT2D eigenvalue weighted by molar-refractivity contribution is 6.07. The first-order chi connectivity index (χ1) is 47.2. The molecule has 4 saturated carbocycles. The molecule has 0 aromatic heterocycles. The van der Waals surface area contributed by atoms with Gasteiger partial charge in [0.15, 0.2) is 0 Å². The smallest absolute Gasteiger partial charge is 0.0541 e. The Hall–Kier alpha value is -8.98. The van der Waals surface area contributed by atoms with Crippen molar-refractivity contribution in [1.82, 2.24) is 0 Å². The molecule has 2 heteroatoms. The lowest BCUT2D eigenvalue weighted by molar-refractivity contribution is 0.430. The maximum absolute atomic E-state index is 2.51. The first kappa shape index (κ1) is 64.4. The van der Waals surface area contributed by atoms with Crippen LogP contribution in [0.5, 0.6) is 0 Å². The van der Waals surface area contributed by atoms with Crippen molar-refractivity contribution < 1.29 is 0 Å². The molecule has 0 saturated heterocycles. The first-order valence-electron chi connectivity index (χ1n) is 36.9. The van der Waals surface area contributed by atoms with Gasteiger partial charge in [-0.05, 0) is 230 Å². The summed E-state index contributed by atoms with van der Waals surface area (Å²) < 4.78 is 0. The largest absolute Gasteiger partial charge is 0.310 e. The van der Waals surface area contributed by atoms with Gasteiger partial charge in [0.2, 0.25) is 0 Å². The molecule has 0 heterocycles. The Morgan fingerprint density at radius 1 is 0.240 bits per heavy atom. The van der Waals surface area contributed by atoms with E-state index in [1.54, 1.807) is 0 Å². The molecule has 10 aromatic rings. The lowest BCUT2D eigenvalue weighted by Crippen LogP contribution is -2.13. The van der Waals surface area contributed by atoms with Gasteiger partial charge in [0, 0.05) is 33.5 Å². The van der Waals surface area contributed by atoms with Crippen LogP contribution in [-0.4, -0.2) is 0 Å². The molecule has 0 bridgehead atoms. The van der Waals surface area contributed by atoms with E-state index < -0.39 is 0 Å². The van der Waals surface area contributed by atoms with E-state index in [0.717, 1.165) is 34.1 Å². The summed E-state index contributed by atoms with van der Waals surface area (Å²) in [5, 5.41) is 2.38. The summed E-state index contributed by atoms with van der Waals surface area (Å²) in [7, 11) is 0. The highest BCUT2D eigenvalue weighted by atomic mass is 15.2. The summed E-state index contributed by atoms with van der Waals surface area (Å²) in [6.07, 6.45) is 35.8. The van der Waals surface area contributed by atoms with Crippen LogP contribution in [0.3, 0.4) is 0 Å². The van der Waals surface area contributed by atoms with Gasteiger partial charge >= 0.3 is 0 Å². The molecule has 0 radical (unpaired) electrons. The molecule has 4 fully saturated rings. The molecule has 0 N–H and O–H groups in total. The van der Waals surface area contributed by atoms with Gasteiger partial charge in [0.05, 0.1) is 11.4 Å². The Labute approximate surface area is 574 Å². The van der Waals surface area contributed by atoms with Crippen LogP contribution in [0.25, 0.3) is 57.4 Å². The summed E-state index contributed by atoms with van der Waals surface area (Å²) in [6, 6.07) is 88.8. The summed E-state index contributed by atoms with van der Waals surface area (Å²) in [5.74, 6) is 2.26. The molecule has 0 atom stereocenters. The zero-order valence-electron chi connectivity index (χ0n) is 57.6. The van der Waals surface area contributed by atoms with Crippen molar-refractivity contribution in [3.8, 4) is 0 Å². The molecule has 0 aliphatic heterocycles. The van der Waals surface area contributed by atoms with Crippen LogP contribution >= 0.6 is 0 Å². The average molecular weight is 1260 g/mol. The number of fused-ring (bicyclic) bond motifs is 1. The third kappa shape index (κ3) is 15.2. The molecule has 14 rings (SSSR count). The van der Waals surface area contributed by atoms with E-state index in [-0.39, 0.29) is 0 Å². The monoisotopic (exact) mass is 1250 g/mol. The second-order valence-electron chi connectivity index (χ2n) is 28.9. The Kier molecular flexibility index (Phi) is 20.4. The van der Waals surface area contributed by atoms with Crippen molar-refractivity contribution in [2.24, 2.45) is 23.7 Å². The van der Waals surface area contributed by atoms with Gasteiger partial charge in [0.1, 0.15) is 0 Å². The van der Waals surface area contributed by atoms with Crippen LogP contribution in [0.4, 0.5) is 34.1 Å². The van der Waals surface area contributed by atoms with Crippen LogP contribution in [0.15, 0.2) is 231 Å². The van der Waals surface area contributed by atoms with Crippen LogP contribution in [0, 0.1) is 51.4 Å². The lowest BCUT2D eigenvalue weighted by atomic mass is 9.80. The normalized spacial score (nSPS) is 16.8. The van der Waals surface area contributed by atoms with Crippen LogP contribution in [0.2, 0.25) is 0 Å². The standard InChI is InChI=1S/C94H98N2/c1-67-29-45-79(46-30-67)89(75-19-9-5-10-20-75)63-71-37-53-83(54-38-71)95(84-55-39-72(40-56-84)64-90(76-21-11-6-12-22-76)80-47-31-68(2)32-48-80)93-61-62-94(88-28-18-17-27-87(88)93)96(85-57-41-73(42-58-85)65-91(77-23-13-7-14-24-77)81-49-33-69(3)34-50-81)86-59-43-74(44-60-86)66-92(78-25-15-8-16-26-78)82-51-35-70(4)36-52-82/h17-18,27-66,75-78H,5-16,19-26H2,1-4H3/b89-63+,90-64+,91-65+,92-66+. The van der Waals surface area contributed by atoms with E-state index in [9.17, 15) is 0 Å². The summed E-state index contributed by atoms with van der Waals surface area (Å²) in [4.78, 5) is 5.03. The van der Waals surface area contributed by atoms with E-state index in [0.29, 0.717) is 23.7 Å². The van der Waals surface area contributed by atoms with E-state index in [1.165, 1.54) is 228 Å². The number of hydrogen-bond donors (Lipinski definition) is 0. The summed E-state index contributed by atoms with van der Waals surface area (Å²) in [5.41, 5.74) is 28.3. The third-order valence-corrected chi connectivity index (χ3v) is 22.0. The molecule has 4 aliphatic carbocycles. The molecule has 96 heavy (non-hydrogen) atoms. The molecule has 484 valence electrons. The fraction of sp³-hybridized carbons (Fsp3) is 0.298. The summed E-state index contributed by atoms with van der Waals surface area (Å²) >= 11 is 0. The maximum Gasteiger partial charge on any atom is 0.0541 e.